The number of aromatic nitrogens is 5. The van der Waals surface area contributed by atoms with Crippen LogP contribution in [0.2, 0.25) is 0 Å². The molecule has 0 amide bonds. The van der Waals surface area contributed by atoms with Crippen LogP contribution in [-0.4, -0.2) is 38.4 Å². The molecule has 3 aromatic heterocycles. The van der Waals surface area contributed by atoms with E-state index in [4.69, 9.17) is 9.47 Å². The van der Waals surface area contributed by atoms with Crippen molar-refractivity contribution in [2.24, 2.45) is 13.0 Å². The fraction of sp³-hybridized carbons (Fsp3) is 0.429. The lowest BCUT2D eigenvalue weighted by molar-refractivity contribution is 0.284. The van der Waals surface area contributed by atoms with Crippen molar-refractivity contribution in [2.75, 3.05) is 19.0 Å². The van der Waals surface area contributed by atoms with Crippen LogP contribution in [0.4, 0.5) is 5.82 Å². The van der Waals surface area contributed by atoms with Crippen LogP contribution in [0, 0.1) is 19.8 Å². The number of hydrogen-bond acceptors (Lipinski definition) is 7. The zero-order valence-corrected chi connectivity index (χ0v) is 17.2. The third-order valence-corrected chi connectivity index (χ3v) is 5.11. The van der Waals surface area contributed by atoms with Crippen LogP contribution >= 0.6 is 0 Å². The Morgan fingerprint density at radius 1 is 1.21 bits per heavy atom. The Labute approximate surface area is 170 Å². The van der Waals surface area contributed by atoms with Crippen molar-refractivity contribution in [2.45, 2.75) is 32.7 Å². The average Bonchev–Trinajstić information content (AvgIpc) is 3.41. The molecular formula is C21H26N6O2. The molecule has 8 heteroatoms. The second kappa shape index (κ2) is 8.06. The number of hydrogen-bond donors (Lipinski definition) is 1. The Hall–Kier alpha value is -3.16. The quantitative estimate of drug-likeness (QED) is 0.628. The van der Waals surface area contributed by atoms with Crippen LogP contribution in [-0.2, 0) is 13.6 Å². The summed E-state index contributed by atoms with van der Waals surface area (Å²) in [6.07, 6.45) is 2.84. The minimum atomic E-state index is 0.439. The summed E-state index contributed by atoms with van der Waals surface area (Å²) in [7, 11) is 3.59. The predicted octanol–water partition coefficient (Wildman–Crippen LogP) is 3.03. The number of pyridine rings is 1. The van der Waals surface area contributed by atoms with E-state index in [1.54, 1.807) is 13.3 Å². The zero-order chi connectivity index (χ0) is 20.4. The molecule has 3 heterocycles. The number of ether oxygens (including phenoxy) is 2. The van der Waals surface area contributed by atoms with Crippen LogP contribution in [0.25, 0.3) is 0 Å². The van der Waals surface area contributed by atoms with Crippen molar-refractivity contribution in [3.05, 3.63) is 53.4 Å². The van der Waals surface area contributed by atoms with Crippen molar-refractivity contribution in [3.63, 3.8) is 0 Å². The van der Waals surface area contributed by atoms with E-state index in [2.05, 4.69) is 31.4 Å². The van der Waals surface area contributed by atoms with Crippen molar-refractivity contribution in [1.82, 2.24) is 24.7 Å². The standard InChI is InChI=1S/C21H26N6O2/c1-13-7-16(27(3)26-13)10-23-20-9-21(25-14(2)24-20)29-12-15-8-18(15)19-6-5-17(28-4)11-22-19/h5-7,9,11,15,18H,8,10,12H2,1-4H3,(H,23,24,25)/t15-,18?/m1/s1. The van der Waals surface area contributed by atoms with Crippen LogP contribution < -0.4 is 14.8 Å². The Bertz CT molecular complexity index is 985. The lowest BCUT2D eigenvalue weighted by Gasteiger charge is -2.10. The number of nitrogens with one attached hydrogen (secondary N) is 1. The molecule has 152 valence electrons. The highest BCUT2D eigenvalue weighted by atomic mass is 16.5. The van der Waals surface area contributed by atoms with Gasteiger partial charge in [-0.05, 0) is 38.5 Å². The first-order valence-electron chi connectivity index (χ1n) is 9.73. The van der Waals surface area contributed by atoms with E-state index in [1.165, 1.54) is 0 Å². The molecule has 0 spiro atoms. The van der Waals surface area contributed by atoms with E-state index >= 15 is 0 Å². The summed E-state index contributed by atoms with van der Waals surface area (Å²) in [4.78, 5) is 13.3. The molecule has 2 atom stereocenters. The van der Waals surface area contributed by atoms with Crippen molar-refractivity contribution in [3.8, 4) is 11.6 Å². The van der Waals surface area contributed by atoms with Gasteiger partial charge >= 0.3 is 0 Å². The van der Waals surface area contributed by atoms with Gasteiger partial charge in [0.05, 0.1) is 37.8 Å². The van der Waals surface area contributed by atoms with Crippen LogP contribution in [0.5, 0.6) is 11.6 Å². The molecule has 0 radical (unpaired) electrons. The first kappa shape index (κ1) is 19.2. The zero-order valence-electron chi connectivity index (χ0n) is 17.2. The van der Waals surface area contributed by atoms with Crippen molar-refractivity contribution in [1.29, 1.82) is 0 Å². The maximum absolute atomic E-state index is 5.97. The van der Waals surface area contributed by atoms with E-state index in [9.17, 15) is 0 Å². The first-order chi connectivity index (χ1) is 14.0. The van der Waals surface area contributed by atoms with Gasteiger partial charge in [0.1, 0.15) is 17.4 Å². The lowest BCUT2D eigenvalue weighted by atomic mass is 10.2. The summed E-state index contributed by atoms with van der Waals surface area (Å²) < 4.78 is 13.0. The molecule has 1 aliphatic carbocycles. The second-order valence-corrected chi connectivity index (χ2v) is 7.43. The molecule has 0 saturated heterocycles. The molecule has 1 fully saturated rings. The van der Waals surface area contributed by atoms with Gasteiger partial charge < -0.3 is 14.8 Å². The monoisotopic (exact) mass is 394 g/mol. The van der Waals surface area contributed by atoms with E-state index in [-0.39, 0.29) is 0 Å². The number of anilines is 1. The highest BCUT2D eigenvalue weighted by Gasteiger charge is 2.40. The van der Waals surface area contributed by atoms with Crippen molar-refractivity contribution >= 4 is 5.82 Å². The largest absolute Gasteiger partial charge is 0.495 e. The van der Waals surface area contributed by atoms with Gasteiger partial charge in [0, 0.05) is 30.6 Å². The summed E-state index contributed by atoms with van der Waals surface area (Å²) in [5, 5.41) is 7.69. The molecule has 8 nitrogen and oxygen atoms in total. The second-order valence-electron chi connectivity index (χ2n) is 7.43. The molecule has 1 saturated carbocycles. The molecule has 29 heavy (non-hydrogen) atoms. The summed E-state index contributed by atoms with van der Waals surface area (Å²) >= 11 is 0. The fourth-order valence-corrected chi connectivity index (χ4v) is 3.43. The number of nitrogens with zero attached hydrogens (tertiary/aromatic N) is 5. The van der Waals surface area contributed by atoms with Gasteiger partial charge in [-0.25, -0.2) is 4.98 Å². The maximum atomic E-state index is 5.97. The van der Waals surface area contributed by atoms with Gasteiger partial charge in [-0.3, -0.25) is 9.67 Å². The fourth-order valence-electron chi connectivity index (χ4n) is 3.43. The summed E-state index contributed by atoms with van der Waals surface area (Å²) in [5.74, 6) is 3.69. The topological polar surface area (TPSA) is 87.0 Å². The van der Waals surface area contributed by atoms with Gasteiger partial charge in [-0.2, -0.15) is 10.1 Å². The average molecular weight is 394 g/mol. The van der Waals surface area contributed by atoms with Gasteiger partial charge in [-0.15, -0.1) is 0 Å². The summed E-state index contributed by atoms with van der Waals surface area (Å²) in [5.41, 5.74) is 3.18. The Kier molecular flexibility index (Phi) is 5.33. The van der Waals surface area contributed by atoms with Gasteiger partial charge in [-0.1, -0.05) is 0 Å². The Balaban J connectivity index is 1.33. The van der Waals surface area contributed by atoms with Crippen LogP contribution in [0.3, 0.4) is 0 Å². The molecule has 1 unspecified atom stereocenters. The molecule has 1 N–H and O–H groups in total. The number of methoxy groups -OCH3 is 1. The maximum Gasteiger partial charge on any atom is 0.218 e. The Morgan fingerprint density at radius 2 is 2.07 bits per heavy atom. The van der Waals surface area contributed by atoms with E-state index < -0.39 is 0 Å². The number of aryl methyl sites for hydroxylation is 3. The molecular weight excluding hydrogens is 368 g/mol. The molecule has 1 aliphatic rings. The van der Waals surface area contributed by atoms with Gasteiger partial charge in [0.2, 0.25) is 5.88 Å². The SMILES string of the molecule is COc1ccc(C2C[C@@H]2COc2cc(NCc3cc(C)nn3C)nc(C)n2)nc1. The van der Waals surface area contributed by atoms with E-state index in [0.717, 1.165) is 35.1 Å². The third-order valence-electron chi connectivity index (χ3n) is 5.11. The first-order valence-corrected chi connectivity index (χ1v) is 9.73. The number of rotatable bonds is 8. The van der Waals surface area contributed by atoms with Crippen LogP contribution in [0.15, 0.2) is 30.5 Å². The molecule has 0 aromatic carbocycles. The highest BCUT2D eigenvalue weighted by molar-refractivity contribution is 5.39. The van der Waals surface area contributed by atoms with Crippen molar-refractivity contribution < 1.29 is 9.47 Å². The van der Waals surface area contributed by atoms with Gasteiger partial charge in [0.25, 0.3) is 0 Å². The minimum absolute atomic E-state index is 0.439. The third kappa shape index (κ3) is 4.64. The molecule has 0 aliphatic heterocycles. The van der Waals surface area contributed by atoms with E-state index in [1.807, 2.05) is 43.8 Å². The molecule has 0 bridgehead atoms. The minimum Gasteiger partial charge on any atom is -0.495 e. The predicted molar refractivity (Wildman–Crippen MR) is 109 cm³/mol. The van der Waals surface area contributed by atoms with Gasteiger partial charge in [0.15, 0.2) is 0 Å². The Morgan fingerprint density at radius 3 is 2.76 bits per heavy atom. The smallest absolute Gasteiger partial charge is 0.218 e. The van der Waals surface area contributed by atoms with E-state index in [0.29, 0.717) is 36.7 Å². The lowest BCUT2D eigenvalue weighted by Crippen LogP contribution is -2.09. The van der Waals surface area contributed by atoms with Crippen LogP contribution in [0.1, 0.15) is 35.2 Å². The molecule has 4 rings (SSSR count). The normalized spacial score (nSPS) is 17.8. The highest BCUT2D eigenvalue weighted by Crippen LogP contribution is 2.46. The summed E-state index contributed by atoms with van der Waals surface area (Å²) in [6, 6.07) is 7.88. The summed E-state index contributed by atoms with van der Waals surface area (Å²) in [6.45, 7) is 5.11. The molecule has 3 aromatic rings.